The first-order valence-corrected chi connectivity index (χ1v) is 5.89. The number of benzene rings is 2. The first-order chi connectivity index (χ1) is 8.68. The van der Waals surface area contributed by atoms with E-state index in [1.807, 2.05) is 50.4 Å². The van der Waals surface area contributed by atoms with Crippen LogP contribution in [-0.2, 0) is 7.05 Å². The Morgan fingerprint density at radius 2 is 1.83 bits per heavy atom. The predicted octanol–water partition coefficient (Wildman–Crippen LogP) is 3.25. The van der Waals surface area contributed by atoms with Gasteiger partial charge in [0.25, 0.3) is 0 Å². The van der Waals surface area contributed by atoms with Crippen LogP contribution in [0.2, 0.25) is 0 Å². The molecule has 3 aromatic rings. The molecule has 3 nitrogen and oxygen atoms in total. The number of aromatic nitrogens is 2. The third kappa shape index (κ3) is 1.48. The number of para-hydroxylation sites is 2. The lowest BCUT2D eigenvalue weighted by Crippen LogP contribution is -1.94. The molecule has 0 unspecified atom stereocenters. The van der Waals surface area contributed by atoms with Crippen molar-refractivity contribution in [2.24, 2.45) is 7.05 Å². The highest BCUT2D eigenvalue weighted by atomic mass is 16.3. The Balaban J connectivity index is 2.32. The van der Waals surface area contributed by atoms with Crippen LogP contribution in [0.4, 0.5) is 0 Å². The molecular formula is C15H14N2O. The van der Waals surface area contributed by atoms with E-state index < -0.39 is 0 Å². The second-order valence-corrected chi connectivity index (χ2v) is 4.43. The lowest BCUT2D eigenvalue weighted by molar-refractivity contribution is 0.471. The SMILES string of the molecule is Cc1c(O)cccc1-c1nc2ccccc2n1C. The van der Waals surface area contributed by atoms with E-state index in [9.17, 15) is 5.11 Å². The molecule has 90 valence electrons. The molecule has 2 aromatic carbocycles. The topological polar surface area (TPSA) is 38.1 Å². The molecule has 0 aliphatic carbocycles. The third-order valence-corrected chi connectivity index (χ3v) is 3.33. The molecule has 0 spiro atoms. The summed E-state index contributed by atoms with van der Waals surface area (Å²) in [5, 5.41) is 9.79. The van der Waals surface area contributed by atoms with E-state index in [-0.39, 0.29) is 0 Å². The quantitative estimate of drug-likeness (QED) is 0.706. The Hall–Kier alpha value is -2.29. The molecule has 3 heteroatoms. The molecular weight excluding hydrogens is 224 g/mol. The number of phenols is 1. The van der Waals surface area contributed by atoms with Crippen molar-refractivity contribution in [3.05, 3.63) is 48.0 Å². The van der Waals surface area contributed by atoms with Gasteiger partial charge in [0.15, 0.2) is 0 Å². The molecule has 0 aliphatic rings. The second kappa shape index (κ2) is 3.88. The highest BCUT2D eigenvalue weighted by Gasteiger charge is 2.12. The van der Waals surface area contributed by atoms with Gasteiger partial charge in [-0.3, -0.25) is 0 Å². The molecule has 0 radical (unpaired) electrons. The molecule has 0 amide bonds. The number of aryl methyl sites for hydroxylation is 1. The van der Waals surface area contributed by atoms with Crippen molar-refractivity contribution < 1.29 is 5.11 Å². The van der Waals surface area contributed by atoms with E-state index in [1.54, 1.807) is 6.07 Å². The third-order valence-electron chi connectivity index (χ3n) is 3.33. The maximum Gasteiger partial charge on any atom is 0.141 e. The maximum atomic E-state index is 9.79. The normalized spacial score (nSPS) is 11.0. The second-order valence-electron chi connectivity index (χ2n) is 4.43. The zero-order valence-electron chi connectivity index (χ0n) is 10.4. The van der Waals surface area contributed by atoms with Gasteiger partial charge < -0.3 is 9.67 Å². The van der Waals surface area contributed by atoms with Gasteiger partial charge in [-0.2, -0.15) is 0 Å². The predicted molar refractivity (Wildman–Crippen MR) is 72.6 cm³/mol. The number of imidazole rings is 1. The van der Waals surface area contributed by atoms with E-state index >= 15 is 0 Å². The van der Waals surface area contributed by atoms with Gasteiger partial charge >= 0.3 is 0 Å². The fourth-order valence-electron chi connectivity index (χ4n) is 2.25. The van der Waals surface area contributed by atoms with E-state index in [0.29, 0.717) is 5.75 Å². The van der Waals surface area contributed by atoms with Crippen LogP contribution < -0.4 is 0 Å². The summed E-state index contributed by atoms with van der Waals surface area (Å²) in [7, 11) is 1.99. The molecule has 0 fully saturated rings. The van der Waals surface area contributed by atoms with Crippen molar-refractivity contribution in [1.82, 2.24) is 9.55 Å². The van der Waals surface area contributed by atoms with Crippen LogP contribution in [0.3, 0.4) is 0 Å². The van der Waals surface area contributed by atoms with Gasteiger partial charge in [-0.1, -0.05) is 24.3 Å². The molecule has 3 rings (SSSR count). The number of fused-ring (bicyclic) bond motifs is 1. The summed E-state index contributed by atoms with van der Waals surface area (Å²) in [5.74, 6) is 1.18. The summed E-state index contributed by atoms with van der Waals surface area (Å²) >= 11 is 0. The summed E-state index contributed by atoms with van der Waals surface area (Å²) in [4.78, 5) is 4.64. The zero-order valence-corrected chi connectivity index (χ0v) is 10.4. The van der Waals surface area contributed by atoms with Crippen LogP contribution in [0.5, 0.6) is 5.75 Å². The minimum absolute atomic E-state index is 0.305. The van der Waals surface area contributed by atoms with Gasteiger partial charge in [0, 0.05) is 18.2 Å². The van der Waals surface area contributed by atoms with Crippen molar-refractivity contribution in [2.45, 2.75) is 6.92 Å². The largest absolute Gasteiger partial charge is 0.508 e. The average Bonchev–Trinajstić information content (AvgIpc) is 2.71. The molecule has 0 saturated carbocycles. The van der Waals surface area contributed by atoms with E-state index in [0.717, 1.165) is 28.0 Å². The van der Waals surface area contributed by atoms with Crippen molar-refractivity contribution in [3.63, 3.8) is 0 Å². The van der Waals surface area contributed by atoms with Gasteiger partial charge in [-0.15, -0.1) is 0 Å². The Morgan fingerprint density at radius 1 is 1.06 bits per heavy atom. The lowest BCUT2D eigenvalue weighted by atomic mass is 10.1. The summed E-state index contributed by atoms with van der Waals surface area (Å²) in [5.41, 5.74) is 3.89. The number of nitrogens with zero attached hydrogens (tertiary/aromatic N) is 2. The fraction of sp³-hybridized carbons (Fsp3) is 0.133. The summed E-state index contributed by atoms with van der Waals surface area (Å²) in [6, 6.07) is 13.5. The van der Waals surface area contributed by atoms with Crippen molar-refractivity contribution in [3.8, 4) is 17.1 Å². The van der Waals surface area contributed by atoms with E-state index in [4.69, 9.17) is 0 Å². The summed E-state index contributed by atoms with van der Waals surface area (Å²) < 4.78 is 2.05. The Labute approximate surface area is 105 Å². The Morgan fingerprint density at radius 3 is 2.61 bits per heavy atom. The van der Waals surface area contributed by atoms with Gasteiger partial charge in [0.2, 0.25) is 0 Å². The van der Waals surface area contributed by atoms with Crippen LogP contribution in [0, 0.1) is 6.92 Å². The molecule has 1 N–H and O–H groups in total. The summed E-state index contributed by atoms with van der Waals surface area (Å²) in [6.07, 6.45) is 0. The van der Waals surface area contributed by atoms with Crippen LogP contribution in [0.1, 0.15) is 5.56 Å². The first kappa shape index (κ1) is 10.8. The van der Waals surface area contributed by atoms with Crippen molar-refractivity contribution in [1.29, 1.82) is 0 Å². The van der Waals surface area contributed by atoms with E-state index in [1.165, 1.54) is 0 Å². The molecule has 1 aromatic heterocycles. The highest BCUT2D eigenvalue weighted by Crippen LogP contribution is 2.30. The number of aromatic hydroxyl groups is 1. The zero-order chi connectivity index (χ0) is 12.7. The average molecular weight is 238 g/mol. The van der Waals surface area contributed by atoms with Crippen LogP contribution in [0.15, 0.2) is 42.5 Å². The van der Waals surface area contributed by atoms with Crippen molar-refractivity contribution >= 4 is 11.0 Å². The molecule has 0 bridgehead atoms. The minimum atomic E-state index is 0.305. The van der Waals surface area contributed by atoms with Gasteiger partial charge in [-0.05, 0) is 25.1 Å². The van der Waals surface area contributed by atoms with Gasteiger partial charge in [-0.25, -0.2) is 4.98 Å². The highest BCUT2D eigenvalue weighted by molar-refractivity contribution is 5.81. The standard InChI is InChI=1S/C15H14N2O/c1-10-11(6-5-9-14(10)18)15-16-12-7-3-4-8-13(12)17(15)2/h3-9,18H,1-2H3. The van der Waals surface area contributed by atoms with Crippen molar-refractivity contribution in [2.75, 3.05) is 0 Å². The molecule has 18 heavy (non-hydrogen) atoms. The van der Waals surface area contributed by atoms with Gasteiger partial charge in [0.1, 0.15) is 11.6 Å². The number of hydrogen-bond acceptors (Lipinski definition) is 2. The monoisotopic (exact) mass is 238 g/mol. The van der Waals surface area contributed by atoms with Crippen LogP contribution in [0.25, 0.3) is 22.4 Å². The number of rotatable bonds is 1. The van der Waals surface area contributed by atoms with E-state index in [2.05, 4.69) is 9.55 Å². The minimum Gasteiger partial charge on any atom is -0.508 e. The first-order valence-electron chi connectivity index (χ1n) is 5.89. The fourth-order valence-corrected chi connectivity index (χ4v) is 2.25. The maximum absolute atomic E-state index is 9.79. The van der Waals surface area contributed by atoms with Crippen LogP contribution >= 0.6 is 0 Å². The van der Waals surface area contributed by atoms with Gasteiger partial charge in [0.05, 0.1) is 11.0 Å². The lowest BCUT2D eigenvalue weighted by Gasteiger charge is -2.07. The van der Waals surface area contributed by atoms with Crippen LogP contribution in [-0.4, -0.2) is 14.7 Å². The number of hydrogen-bond donors (Lipinski definition) is 1. The molecule has 0 atom stereocenters. The molecule has 0 saturated heterocycles. The Kier molecular flexibility index (Phi) is 2.33. The molecule has 0 aliphatic heterocycles. The number of phenolic OH excluding ortho intramolecular Hbond substituents is 1. The smallest absolute Gasteiger partial charge is 0.141 e. The summed E-state index contributed by atoms with van der Waals surface area (Å²) in [6.45, 7) is 1.91. The molecule has 1 heterocycles. The Bertz CT molecular complexity index is 728.